The van der Waals surface area contributed by atoms with Crippen LogP contribution in [0.15, 0.2) is 91.0 Å². The number of methoxy groups -OCH3 is 2. The number of nitrogens with two attached hydrogens (primary N) is 4. The van der Waals surface area contributed by atoms with Gasteiger partial charge in [-0.05, 0) is 85.7 Å². The number of para-hydroxylation sites is 2. The highest BCUT2D eigenvalue weighted by Gasteiger charge is 2.14. The van der Waals surface area contributed by atoms with Crippen LogP contribution < -0.4 is 37.1 Å². The second kappa shape index (κ2) is 18.1. The van der Waals surface area contributed by atoms with Gasteiger partial charge in [-0.1, -0.05) is 55.5 Å². The van der Waals surface area contributed by atoms with Crippen LogP contribution in [0.4, 0.5) is 17.1 Å². The second-order valence-electron chi connectivity index (χ2n) is 9.37. The molecule has 4 aromatic rings. The van der Waals surface area contributed by atoms with E-state index in [1.807, 2.05) is 49.4 Å². The van der Waals surface area contributed by atoms with Crippen LogP contribution in [0.3, 0.4) is 0 Å². The number of fused-ring (bicyclic) bond motifs is 1. The summed E-state index contributed by atoms with van der Waals surface area (Å²) in [5.74, 6) is 2.18. The van der Waals surface area contributed by atoms with E-state index >= 15 is 0 Å². The van der Waals surface area contributed by atoms with E-state index in [1.165, 1.54) is 29.5 Å². The van der Waals surface area contributed by atoms with Gasteiger partial charge in [0, 0.05) is 17.8 Å². The first kappa shape index (κ1) is 32.8. The van der Waals surface area contributed by atoms with Gasteiger partial charge in [0.2, 0.25) is 0 Å². The van der Waals surface area contributed by atoms with Gasteiger partial charge in [0.25, 0.3) is 0 Å². The number of nitrogen functional groups attached to an aromatic ring is 3. The Bertz CT molecular complexity index is 1310. The van der Waals surface area contributed by atoms with Gasteiger partial charge in [0.1, 0.15) is 17.2 Å². The molecule has 0 spiro atoms. The first-order valence-corrected chi connectivity index (χ1v) is 13.9. The van der Waals surface area contributed by atoms with Gasteiger partial charge < -0.3 is 37.1 Å². The fourth-order valence-corrected chi connectivity index (χ4v) is 4.21. The van der Waals surface area contributed by atoms with Crippen LogP contribution in [-0.2, 0) is 12.8 Å². The molecular weight excluding hydrogens is 512 g/mol. The third-order valence-electron chi connectivity index (χ3n) is 6.43. The van der Waals surface area contributed by atoms with Crippen LogP contribution in [0.2, 0.25) is 0 Å². The summed E-state index contributed by atoms with van der Waals surface area (Å²) in [6.45, 7) is 4.72. The summed E-state index contributed by atoms with van der Waals surface area (Å²) in [6.07, 6.45) is 4.67. The number of anilines is 3. The lowest BCUT2D eigenvalue weighted by atomic mass is 9.88. The summed E-state index contributed by atoms with van der Waals surface area (Å²) in [6, 6.07) is 29.5. The van der Waals surface area contributed by atoms with Crippen molar-refractivity contribution in [2.75, 3.05) is 38.0 Å². The predicted molar refractivity (Wildman–Crippen MR) is 173 cm³/mol. The molecule has 8 N–H and O–H groups in total. The van der Waals surface area contributed by atoms with E-state index in [9.17, 15) is 0 Å². The zero-order valence-corrected chi connectivity index (χ0v) is 24.8. The normalized spacial score (nSPS) is 13.0. The highest BCUT2D eigenvalue weighted by Crippen LogP contribution is 2.27. The Morgan fingerprint density at radius 3 is 2.05 bits per heavy atom. The smallest absolute Gasteiger partial charge is 0.142 e. The van der Waals surface area contributed by atoms with Gasteiger partial charge in [0.15, 0.2) is 0 Å². The Morgan fingerprint density at radius 1 is 0.732 bits per heavy atom. The highest BCUT2D eigenvalue weighted by atomic mass is 16.5. The molecule has 0 aliphatic heterocycles. The molecule has 4 aromatic carbocycles. The SMILES string of the molecule is CCOc1ccccc1N.CCc1cccc(N)c1.COc1ccc(OC)c(N)c1.NC1CCCc2ccccc21. The number of ether oxygens (including phenoxy) is 3. The zero-order valence-electron chi connectivity index (χ0n) is 24.8. The minimum absolute atomic E-state index is 0.292. The fourth-order valence-electron chi connectivity index (χ4n) is 4.21. The predicted octanol–water partition coefficient (Wildman–Crippen LogP) is 6.81. The lowest BCUT2D eigenvalue weighted by Gasteiger charge is -2.21. The largest absolute Gasteiger partial charge is 0.497 e. The van der Waals surface area contributed by atoms with Crippen LogP contribution in [0.5, 0.6) is 17.2 Å². The third-order valence-corrected chi connectivity index (χ3v) is 6.43. The summed E-state index contributed by atoms with van der Waals surface area (Å²) < 4.78 is 15.1. The number of benzene rings is 4. The molecule has 0 fully saturated rings. The molecule has 0 saturated heterocycles. The number of aryl methyl sites for hydroxylation is 2. The van der Waals surface area contributed by atoms with E-state index in [1.54, 1.807) is 32.4 Å². The first-order chi connectivity index (χ1) is 19.8. The maximum Gasteiger partial charge on any atom is 0.142 e. The van der Waals surface area contributed by atoms with Crippen LogP contribution in [0.1, 0.15) is 49.4 Å². The molecule has 1 aliphatic carbocycles. The molecule has 1 unspecified atom stereocenters. The Kier molecular flexibility index (Phi) is 14.5. The Balaban J connectivity index is 0.000000192. The topological polar surface area (TPSA) is 132 Å². The van der Waals surface area contributed by atoms with Crippen molar-refractivity contribution in [2.24, 2.45) is 5.73 Å². The average Bonchev–Trinajstić information content (AvgIpc) is 3.00. The van der Waals surface area contributed by atoms with Crippen molar-refractivity contribution in [1.29, 1.82) is 0 Å². The third kappa shape index (κ3) is 11.3. The highest BCUT2D eigenvalue weighted by molar-refractivity contribution is 5.56. The molecule has 1 atom stereocenters. The van der Waals surface area contributed by atoms with Gasteiger partial charge in [0.05, 0.1) is 32.2 Å². The Labute approximate surface area is 245 Å². The summed E-state index contributed by atoms with van der Waals surface area (Å²) in [7, 11) is 3.18. The molecule has 0 radical (unpaired) electrons. The maximum atomic E-state index is 5.95. The number of rotatable bonds is 5. The quantitative estimate of drug-likeness (QED) is 0.198. The molecule has 0 saturated carbocycles. The van der Waals surface area contributed by atoms with Crippen molar-refractivity contribution in [3.8, 4) is 17.2 Å². The maximum absolute atomic E-state index is 5.95. The molecule has 0 bridgehead atoms. The summed E-state index contributed by atoms with van der Waals surface area (Å²) >= 11 is 0. The molecule has 1 aliphatic rings. The molecule has 0 aromatic heterocycles. The van der Waals surface area contributed by atoms with Gasteiger partial charge in [-0.3, -0.25) is 0 Å². The van der Waals surface area contributed by atoms with Crippen molar-refractivity contribution in [3.63, 3.8) is 0 Å². The number of hydrogen-bond acceptors (Lipinski definition) is 7. The van der Waals surface area contributed by atoms with Crippen molar-refractivity contribution >= 4 is 17.1 Å². The minimum Gasteiger partial charge on any atom is -0.497 e. The lowest BCUT2D eigenvalue weighted by molar-refractivity contribution is 0.342. The van der Waals surface area contributed by atoms with Crippen LogP contribution >= 0.6 is 0 Å². The molecule has 7 nitrogen and oxygen atoms in total. The van der Waals surface area contributed by atoms with Crippen LogP contribution in [-0.4, -0.2) is 20.8 Å². The molecule has 7 heteroatoms. The summed E-state index contributed by atoms with van der Waals surface area (Å²) in [5, 5.41) is 0. The molecule has 5 rings (SSSR count). The molecule has 41 heavy (non-hydrogen) atoms. The van der Waals surface area contributed by atoms with E-state index in [-0.39, 0.29) is 0 Å². The Hall–Kier alpha value is -4.36. The van der Waals surface area contributed by atoms with E-state index in [0.29, 0.717) is 29.8 Å². The van der Waals surface area contributed by atoms with E-state index in [4.69, 9.17) is 37.1 Å². The standard InChI is InChI=1S/C10H13N.C8H11NO2.C8H11NO.C8H11N/c11-10-7-3-5-8-4-1-2-6-9(8)10;1-10-6-3-4-8(11-2)7(9)5-6;1-2-10-8-6-4-3-5-7(8)9;1-2-7-4-3-5-8(9)6-7/h1-2,4,6,10H,3,5,7,11H2;3-5H,9H2,1-2H3;3-6H,2,9H2,1H3;3-6H,2,9H2,1H3. The van der Waals surface area contributed by atoms with Crippen molar-refractivity contribution in [2.45, 2.75) is 45.6 Å². The van der Waals surface area contributed by atoms with Crippen molar-refractivity contribution in [3.05, 3.63) is 108 Å². The zero-order chi connectivity index (χ0) is 30.0. The van der Waals surface area contributed by atoms with Crippen LogP contribution in [0, 0.1) is 0 Å². The van der Waals surface area contributed by atoms with Crippen molar-refractivity contribution in [1.82, 2.24) is 0 Å². The summed E-state index contributed by atoms with van der Waals surface area (Å²) in [4.78, 5) is 0. The lowest BCUT2D eigenvalue weighted by Crippen LogP contribution is -2.16. The van der Waals surface area contributed by atoms with Gasteiger partial charge in [-0.2, -0.15) is 0 Å². The fraction of sp³-hybridized carbons (Fsp3) is 0.294. The average molecular weight is 559 g/mol. The minimum atomic E-state index is 0.292. The van der Waals surface area contributed by atoms with Gasteiger partial charge in [-0.15, -0.1) is 0 Å². The van der Waals surface area contributed by atoms with Crippen LogP contribution in [0.25, 0.3) is 0 Å². The molecule has 220 valence electrons. The molecule has 0 amide bonds. The Morgan fingerprint density at radius 2 is 1.46 bits per heavy atom. The van der Waals surface area contributed by atoms with E-state index in [0.717, 1.165) is 30.0 Å². The van der Waals surface area contributed by atoms with E-state index in [2.05, 4.69) is 37.3 Å². The van der Waals surface area contributed by atoms with Gasteiger partial charge in [-0.25, -0.2) is 0 Å². The molecular formula is C34H46N4O3. The van der Waals surface area contributed by atoms with Crippen molar-refractivity contribution < 1.29 is 14.2 Å². The second-order valence-corrected chi connectivity index (χ2v) is 9.37. The first-order valence-electron chi connectivity index (χ1n) is 13.9. The summed E-state index contributed by atoms with van der Waals surface area (Å²) in [5.41, 5.74) is 28.9. The monoisotopic (exact) mass is 558 g/mol. The van der Waals surface area contributed by atoms with Gasteiger partial charge >= 0.3 is 0 Å². The molecule has 0 heterocycles. The van der Waals surface area contributed by atoms with E-state index < -0.39 is 0 Å². The number of hydrogen-bond donors (Lipinski definition) is 4.